The second-order valence-electron chi connectivity index (χ2n) is 6.52. The summed E-state index contributed by atoms with van der Waals surface area (Å²) in [5, 5.41) is 3.65. The number of nitrogens with one attached hydrogen (secondary N) is 1. The van der Waals surface area contributed by atoms with Crippen LogP contribution < -0.4 is 10.1 Å². The van der Waals surface area contributed by atoms with Crippen molar-refractivity contribution < 1.29 is 9.13 Å². The highest BCUT2D eigenvalue weighted by Gasteiger charge is 2.38. The monoisotopic (exact) mass is 289 g/mol. The maximum atomic E-state index is 13.8. The molecule has 5 unspecified atom stereocenters. The molecule has 1 aromatic rings. The number of allylic oxidation sites excluding steroid dienone is 2. The van der Waals surface area contributed by atoms with Crippen molar-refractivity contribution in [2.45, 2.75) is 38.8 Å². The number of ether oxygens (including phenoxy) is 1. The molecular formula is C18H24FNO. The van der Waals surface area contributed by atoms with Gasteiger partial charge >= 0.3 is 0 Å². The van der Waals surface area contributed by atoms with E-state index in [1.807, 2.05) is 6.07 Å². The van der Waals surface area contributed by atoms with E-state index in [4.69, 9.17) is 4.74 Å². The molecule has 0 aliphatic heterocycles. The van der Waals surface area contributed by atoms with Crippen LogP contribution >= 0.6 is 0 Å². The van der Waals surface area contributed by atoms with E-state index >= 15 is 0 Å². The lowest BCUT2D eigenvalue weighted by Crippen LogP contribution is -2.37. The van der Waals surface area contributed by atoms with Gasteiger partial charge in [0.15, 0.2) is 11.6 Å². The summed E-state index contributed by atoms with van der Waals surface area (Å²) in [6.07, 6.45) is 7.37. The first-order valence-corrected chi connectivity index (χ1v) is 7.86. The fourth-order valence-corrected chi connectivity index (χ4v) is 3.96. The minimum absolute atomic E-state index is 0.142. The summed E-state index contributed by atoms with van der Waals surface area (Å²) in [4.78, 5) is 0. The second kappa shape index (κ2) is 5.80. The summed E-state index contributed by atoms with van der Waals surface area (Å²) in [5.41, 5.74) is 0.971. The van der Waals surface area contributed by atoms with Crippen molar-refractivity contribution in [3.63, 3.8) is 0 Å². The molecule has 0 saturated heterocycles. The molecule has 0 amide bonds. The Morgan fingerprint density at radius 2 is 2.05 bits per heavy atom. The molecule has 0 heterocycles. The van der Waals surface area contributed by atoms with Crippen LogP contribution in [0, 0.1) is 23.6 Å². The molecule has 1 fully saturated rings. The Kier molecular flexibility index (Phi) is 4.03. The van der Waals surface area contributed by atoms with Crippen molar-refractivity contribution in [1.82, 2.24) is 5.32 Å². The van der Waals surface area contributed by atoms with Crippen LogP contribution in [0.25, 0.3) is 0 Å². The molecule has 114 valence electrons. The highest BCUT2D eigenvalue weighted by molar-refractivity contribution is 5.30. The normalized spacial score (nSPS) is 29.6. The van der Waals surface area contributed by atoms with Gasteiger partial charge in [0.2, 0.25) is 0 Å². The third kappa shape index (κ3) is 2.84. The quantitative estimate of drug-likeness (QED) is 0.825. The Balaban J connectivity index is 1.64. The van der Waals surface area contributed by atoms with Gasteiger partial charge in [-0.25, -0.2) is 4.39 Å². The van der Waals surface area contributed by atoms with Crippen molar-refractivity contribution in [1.29, 1.82) is 0 Å². The highest BCUT2D eigenvalue weighted by Crippen LogP contribution is 2.45. The van der Waals surface area contributed by atoms with E-state index in [-0.39, 0.29) is 11.9 Å². The number of methoxy groups -OCH3 is 1. The first kappa shape index (κ1) is 14.6. The van der Waals surface area contributed by atoms with Crippen molar-refractivity contribution in [2.24, 2.45) is 17.8 Å². The predicted molar refractivity (Wildman–Crippen MR) is 82.8 cm³/mol. The molecule has 0 spiro atoms. The smallest absolute Gasteiger partial charge is 0.165 e. The minimum Gasteiger partial charge on any atom is -0.494 e. The lowest BCUT2D eigenvalue weighted by atomic mass is 9.87. The fraction of sp³-hybridized carbons (Fsp3) is 0.556. The zero-order chi connectivity index (χ0) is 15.0. The number of rotatable bonds is 5. The number of halogens is 1. The molecular weight excluding hydrogens is 265 g/mol. The standard InChI is InChI=1S/C18H24FNO/c1-11(14-6-7-18(21-3)17(19)10-14)20-12(2)16-9-13-4-5-15(16)8-13/h4-7,10-13,15-16,20H,8-9H2,1-3H3. The summed E-state index contributed by atoms with van der Waals surface area (Å²) >= 11 is 0. The highest BCUT2D eigenvalue weighted by atomic mass is 19.1. The van der Waals surface area contributed by atoms with E-state index in [2.05, 4.69) is 31.3 Å². The van der Waals surface area contributed by atoms with E-state index < -0.39 is 0 Å². The Morgan fingerprint density at radius 3 is 2.62 bits per heavy atom. The molecule has 5 atom stereocenters. The molecule has 2 bridgehead atoms. The Bertz CT molecular complexity index is 542. The van der Waals surface area contributed by atoms with Crippen LogP contribution in [0.1, 0.15) is 38.3 Å². The number of hydrogen-bond acceptors (Lipinski definition) is 2. The zero-order valence-corrected chi connectivity index (χ0v) is 13.0. The first-order valence-electron chi connectivity index (χ1n) is 7.86. The molecule has 0 aromatic heterocycles. The molecule has 1 saturated carbocycles. The van der Waals surface area contributed by atoms with Crippen molar-refractivity contribution in [3.8, 4) is 5.75 Å². The lowest BCUT2D eigenvalue weighted by Gasteiger charge is -2.29. The molecule has 2 nitrogen and oxygen atoms in total. The predicted octanol–water partition coefficient (Wildman–Crippen LogP) is 4.09. The molecule has 3 heteroatoms. The summed E-state index contributed by atoms with van der Waals surface area (Å²) < 4.78 is 18.8. The van der Waals surface area contributed by atoms with Gasteiger partial charge in [-0.2, -0.15) is 0 Å². The molecule has 3 rings (SSSR count). The number of benzene rings is 1. The maximum absolute atomic E-state index is 13.8. The third-order valence-electron chi connectivity index (χ3n) is 5.16. The van der Waals surface area contributed by atoms with Crippen molar-refractivity contribution in [3.05, 3.63) is 41.7 Å². The molecule has 1 aromatic carbocycles. The second-order valence-corrected chi connectivity index (χ2v) is 6.52. The summed E-state index contributed by atoms with van der Waals surface area (Å²) in [7, 11) is 1.49. The van der Waals surface area contributed by atoms with Gasteiger partial charge in [0.05, 0.1) is 7.11 Å². The van der Waals surface area contributed by atoms with Crippen LogP contribution in [0.3, 0.4) is 0 Å². The maximum Gasteiger partial charge on any atom is 0.165 e. The molecule has 2 aliphatic carbocycles. The van der Waals surface area contributed by atoms with Gasteiger partial charge in [0, 0.05) is 12.1 Å². The van der Waals surface area contributed by atoms with Crippen LogP contribution in [0.5, 0.6) is 5.75 Å². The van der Waals surface area contributed by atoms with Gasteiger partial charge in [0.1, 0.15) is 0 Å². The van der Waals surface area contributed by atoms with Crippen LogP contribution in [0.4, 0.5) is 4.39 Å². The number of fused-ring (bicyclic) bond motifs is 2. The van der Waals surface area contributed by atoms with Gasteiger partial charge in [-0.15, -0.1) is 0 Å². The van der Waals surface area contributed by atoms with E-state index in [0.717, 1.165) is 17.4 Å². The van der Waals surface area contributed by atoms with Gasteiger partial charge in [-0.1, -0.05) is 18.2 Å². The summed E-state index contributed by atoms with van der Waals surface area (Å²) in [6.45, 7) is 4.36. The Labute approximate surface area is 126 Å². The van der Waals surface area contributed by atoms with Crippen LogP contribution in [0.2, 0.25) is 0 Å². The largest absolute Gasteiger partial charge is 0.494 e. The average molecular weight is 289 g/mol. The van der Waals surface area contributed by atoms with Gasteiger partial charge in [0.25, 0.3) is 0 Å². The van der Waals surface area contributed by atoms with Gasteiger partial charge < -0.3 is 10.1 Å². The molecule has 1 N–H and O–H groups in total. The van der Waals surface area contributed by atoms with E-state index in [9.17, 15) is 4.39 Å². The Hall–Kier alpha value is -1.35. The first-order chi connectivity index (χ1) is 10.1. The minimum atomic E-state index is -0.292. The van der Waals surface area contributed by atoms with E-state index in [1.165, 1.54) is 20.0 Å². The lowest BCUT2D eigenvalue weighted by molar-refractivity contribution is 0.307. The van der Waals surface area contributed by atoms with Gasteiger partial charge in [-0.3, -0.25) is 0 Å². The van der Waals surface area contributed by atoms with E-state index in [1.54, 1.807) is 12.1 Å². The fourth-order valence-electron chi connectivity index (χ4n) is 3.96. The zero-order valence-electron chi connectivity index (χ0n) is 13.0. The molecule has 21 heavy (non-hydrogen) atoms. The van der Waals surface area contributed by atoms with Crippen LogP contribution in [0.15, 0.2) is 30.4 Å². The molecule has 0 radical (unpaired) electrons. The average Bonchev–Trinajstić information content (AvgIpc) is 3.09. The van der Waals surface area contributed by atoms with Crippen molar-refractivity contribution >= 4 is 0 Å². The van der Waals surface area contributed by atoms with Crippen LogP contribution in [-0.2, 0) is 0 Å². The summed E-state index contributed by atoms with van der Waals surface area (Å²) in [6, 6.07) is 5.80. The summed E-state index contributed by atoms with van der Waals surface area (Å²) in [5.74, 6) is 2.25. The third-order valence-corrected chi connectivity index (χ3v) is 5.16. The Morgan fingerprint density at radius 1 is 1.24 bits per heavy atom. The topological polar surface area (TPSA) is 21.3 Å². The SMILES string of the molecule is COc1ccc(C(C)NC(C)C2CC3C=CC2C3)cc1F. The number of hydrogen-bond donors (Lipinski definition) is 1. The van der Waals surface area contributed by atoms with E-state index in [0.29, 0.717) is 17.7 Å². The van der Waals surface area contributed by atoms with Gasteiger partial charge in [-0.05, 0) is 62.1 Å². The van der Waals surface area contributed by atoms with Crippen LogP contribution in [-0.4, -0.2) is 13.2 Å². The molecule has 2 aliphatic rings. The van der Waals surface area contributed by atoms with Crippen molar-refractivity contribution in [2.75, 3.05) is 7.11 Å².